The third-order valence-corrected chi connectivity index (χ3v) is 4.48. The zero-order valence-electron chi connectivity index (χ0n) is 12.9. The van der Waals surface area contributed by atoms with Crippen molar-refractivity contribution >= 4 is 11.4 Å². The number of fused-ring (bicyclic) bond motifs is 1. The summed E-state index contributed by atoms with van der Waals surface area (Å²) in [6, 6.07) is 0. The van der Waals surface area contributed by atoms with Gasteiger partial charge in [-0.05, 0) is 55.7 Å². The molecule has 1 saturated carbocycles. The number of hydrogen-bond donors (Lipinski definition) is 2. The van der Waals surface area contributed by atoms with E-state index in [0.29, 0.717) is 0 Å². The van der Waals surface area contributed by atoms with Gasteiger partial charge < -0.3 is 10.7 Å². The second-order valence-corrected chi connectivity index (χ2v) is 5.88. The molecule has 3 nitrogen and oxygen atoms in total. The van der Waals surface area contributed by atoms with E-state index in [2.05, 4.69) is 43.6 Å². The Morgan fingerprint density at radius 3 is 2.95 bits per heavy atom. The summed E-state index contributed by atoms with van der Waals surface area (Å²) in [6.45, 7) is 4.29. The zero-order chi connectivity index (χ0) is 14.8. The average molecular weight is 281 g/mol. The largest absolute Gasteiger partial charge is 0.369 e. The molecular formula is C18H23N3. The lowest BCUT2D eigenvalue weighted by Crippen LogP contribution is -2.34. The molecule has 0 aromatic heterocycles. The van der Waals surface area contributed by atoms with Crippen LogP contribution in [0.3, 0.4) is 0 Å². The van der Waals surface area contributed by atoms with Crippen molar-refractivity contribution < 1.29 is 0 Å². The van der Waals surface area contributed by atoms with Gasteiger partial charge in [-0.3, -0.25) is 4.99 Å². The van der Waals surface area contributed by atoms with Gasteiger partial charge in [-0.25, -0.2) is 0 Å². The van der Waals surface area contributed by atoms with Crippen LogP contribution in [-0.4, -0.2) is 17.6 Å². The molecule has 1 atom stereocenters. The minimum atomic E-state index is 0.151. The number of rotatable bonds is 2. The van der Waals surface area contributed by atoms with Crippen molar-refractivity contribution in [2.45, 2.75) is 52.1 Å². The third-order valence-electron chi connectivity index (χ3n) is 4.48. The molecule has 0 spiro atoms. The molecule has 1 unspecified atom stereocenters. The number of hydrogen-bond acceptors (Lipinski definition) is 3. The van der Waals surface area contributed by atoms with Crippen LogP contribution in [0.1, 0.15) is 46.0 Å². The molecule has 21 heavy (non-hydrogen) atoms. The second-order valence-electron chi connectivity index (χ2n) is 5.88. The predicted octanol–water partition coefficient (Wildman–Crippen LogP) is 4.06. The van der Waals surface area contributed by atoms with E-state index in [4.69, 9.17) is 10.4 Å². The molecule has 1 heterocycles. The summed E-state index contributed by atoms with van der Waals surface area (Å²) in [6.07, 6.45) is 13.7. The van der Waals surface area contributed by atoms with E-state index in [1.165, 1.54) is 16.7 Å². The van der Waals surface area contributed by atoms with Crippen LogP contribution in [0.5, 0.6) is 0 Å². The van der Waals surface area contributed by atoms with Crippen LogP contribution in [0, 0.1) is 5.41 Å². The van der Waals surface area contributed by atoms with Gasteiger partial charge in [0.15, 0.2) is 0 Å². The van der Waals surface area contributed by atoms with Gasteiger partial charge in [-0.1, -0.05) is 25.2 Å². The van der Waals surface area contributed by atoms with Crippen molar-refractivity contribution in [2.75, 3.05) is 0 Å². The summed E-state index contributed by atoms with van der Waals surface area (Å²) in [4.78, 5) is 4.86. The Hall–Kier alpha value is -1.90. The first-order valence-electron chi connectivity index (χ1n) is 7.89. The minimum Gasteiger partial charge on any atom is -0.369 e. The third kappa shape index (κ3) is 2.65. The van der Waals surface area contributed by atoms with Crippen molar-refractivity contribution in [3.8, 4) is 0 Å². The first kappa shape index (κ1) is 14.1. The van der Waals surface area contributed by atoms with Gasteiger partial charge in [-0.15, -0.1) is 0 Å². The van der Waals surface area contributed by atoms with Crippen molar-refractivity contribution in [3.05, 3.63) is 46.7 Å². The van der Waals surface area contributed by atoms with Gasteiger partial charge in [-0.2, -0.15) is 0 Å². The van der Waals surface area contributed by atoms with Crippen LogP contribution < -0.4 is 5.32 Å². The minimum absolute atomic E-state index is 0.151. The van der Waals surface area contributed by atoms with Gasteiger partial charge in [0.1, 0.15) is 6.17 Å². The number of nitrogens with one attached hydrogen (secondary N) is 2. The van der Waals surface area contributed by atoms with Crippen molar-refractivity contribution in [3.63, 3.8) is 0 Å². The molecule has 3 aliphatic rings. The van der Waals surface area contributed by atoms with E-state index >= 15 is 0 Å². The quantitative estimate of drug-likeness (QED) is 0.788. The smallest absolute Gasteiger partial charge is 0.118 e. The highest BCUT2D eigenvalue weighted by atomic mass is 15.1. The van der Waals surface area contributed by atoms with Crippen LogP contribution in [0.15, 0.2) is 51.7 Å². The summed E-state index contributed by atoms with van der Waals surface area (Å²) < 4.78 is 0. The Bertz CT molecular complexity index is 614. The molecule has 0 saturated heterocycles. The molecule has 3 heteroatoms. The highest BCUT2D eigenvalue weighted by Gasteiger charge is 2.28. The van der Waals surface area contributed by atoms with E-state index in [1.807, 2.05) is 0 Å². The van der Waals surface area contributed by atoms with Crippen molar-refractivity contribution in [2.24, 2.45) is 4.99 Å². The normalized spacial score (nSPS) is 27.2. The molecule has 1 aliphatic heterocycles. The summed E-state index contributed by atoms with van der Waals surface area (Å²) >= 11 is 0. The highest BCUT2D eigenvalue weighted by molar-refractivity contribution is 6.32. The highest BCUT2D eigenvalue weighted by Crippen LogP contribution is 2.32. The molecular weight excluding hydrogens is 258 g/mol. The van der Waals surface area contributed by atoms with E-state index in [9.17, 15) is 0 Å². The number of allylic oxidation sites excluding steroid dienone is 7. The molecule has 0 amide bonds. The lowest BCUT2D eigenvalue weighted by Gasteiger charge is -2.29. The SMILES string of the molecule is CCC1N=C2C(=CN1)CCC(=N)/C2=C(\C)C1=CC=CCC1. The van der Waals surface area contributed by atoms with Crippen LogP contribution in [0.2, 0.25) is 0 Å². The first-order chi connectivity index (χ1) is 10.2. The standard InChI is InChI=1S/C18H23N3/c1-3-16-20-11-14-9-10-15(19)17(18(14)21-16)12(2)13-7-5-4-6-8-13/h4-5,7,11,16,19-20H,3,6,8-10H2,1-2H3/b17-12-,19-15?. The summed E-state index contributed by atoms with van der Waals surface area (Å²) in [5, 5.41) is 11.8. The van der Waals surface area contributed by atoms with Crippen molar-refractivity contribution in [1.29, 1.82) is 5.41 Å². The molecule has 3 rings (SSSR count). The molecule has 2 N–H and O–H groups in total. The number of nitrogens with zero attached hydrogens (tertiary/aromatic N) is 1. The fraction of sp³-hybridized carbons (Fsp3) is 0.444. The van der Waals surface area contributed by atoms with E-state index in [1.54, 1.807) is 0 Å². The maximum Gasteiger partial charge on any atom is 0.118 e. The molecule has 0 aromatic carbocycles. The molecule has 2 aliphatic carbocycles. The number of aliphatic imine (C=N–C) groups is 1. The van der Waals surface area contributed by atoms with Gasteiger partial charge in [0.25, 0.3) is 0 Å². The van der Waals surface area contributed by atoms with E-state index < -0.39 is 0 Å². The molecule has 110 valence electrons. The van der Waals surface area contributed by atoms with E-state index in [-0.39, 0.29) is 6.17 Å². The van der Waals surface area contributed by atoms with Crippen molar-refractivity contribution in [1.82, 2.24) is 5.32 Å². The lowest BCUT2D eigenvalue weighted by molar-refractivity contribution is 0.583. The molecule has 0 radical (unpaired) electrons. The zero-order valence-corrected chi connectivity index (χ0v) is 12.9. The Balaban J connectivity index is 2.07. The first-order valence-corrected chi connectivity index (χ1v) is 7.89. The fourth-order valence-corrected chi connectivity index (χ4v) is 3.17. The Morgan fingerprint density at radius 1 is 1.38 bits per heavy atom. The summed E-state index contributed by atoms with van der Waals surface area (Å²) in [5.74, 6) is 0. The summed E-state index contributed by atoms with van der Waals surface area (Å²) in [7, 11) is 0. The maximum absolute atomic E-state index is 8.41. The predicted molar refractivity (Wildman–Crippen MR) is 88.9 cm³/mol. The Kier molecular flexibility index (Phi) is 3.91. The Labute approximate surface area is 126 Å². The van der Waals surface area contributed by atoms with Crippen LogP contribution in [0.4, 0.5) is 0 Å². The van der Waals surface area contributed by atoms with E-state index in [0.717, 1.165) is 49.1 Å². The van der Waals surface area contributed by atoms with Gasteiger partial charge >= 0.3 is 0 Å². The molecule has 0 aromatic rings. The monoisotopic (exact) mass is 281 g/mol. The van der Waals surface area contributed by atoms with Crippen LogP contribution in [0.25, 0.3) is 0 Å². The maximum atomic E-state index is 8.41. The van der Waals surface area contributed by atoms with Crippen LogP contribution in [-0.2, 0) is 0 Å². The Morgan fingerprint density at radius 2 is 2.24 bits per heavy atom. The average Bonchev–Trinajstić information content (AvgIpc) is 2.54. The van der Waals surface area contributed by atoms with Gasteiger partial charge in [0, 0.05) is 17.5 Å². The topological polar surface area (TPSA) is 48.2 Å². The fourth-order valence-electron chi connectivity index (χ4n) is 3.17. The molecule has 1 fully saturated rings. The lowest BCUT2D eigenvalue weighted by atomic mass is 9.81. The van der Waals surface area contributed by atoms with Gasteiger partial charge in [0.05, 0.1) is 5.71 Å². The van der Waals surface area contributed by atoms with Gasteiger partial charge in [0.2, 0.25) is 0 Å². The second kappa shape index (κ2) is 5.84. The molecule has 0 bridgehead atoms. The van der Waals surface area contributed by atoms with Crippen LogP contribution >= 0.6 is 0 Å². The summed E-state index contributed by atoms with van der Waals surface area (Å²) in [5.41, 5.74) is 6.74.